The molecule has 1 heterocycles. The molecule has 126 valence electrons. The molecule has 1 unspecified atom stereocenters. The molecule has 2 aromatic rings. The Labute approximate surface area is 140 Å². The zero-order valence-electron chi connectivity index (χ0n) is 13.0. The third-order valence-corrected chi connectivity index (χ3v) is 6.22. The van der Waals surface area contributed by atoms with Crippen LogP contribution in [-0.2, 0) is 22.7 Å². The summed E-state index contributed by atoms with van der Waals surface area (Å²) in [6, 6.07) is 8.43. The number of hydrogen-bond donors (Lipinski definition) is 2. The fraction of sp³-hybridized carbons (Fsp3) is 0.294. The maximum absolute atomic E-state index is 12.5. The van der Waals surface area contributed by atoms with Crippen molar-refractivity contribution in [2.45, 2.75) is 24.2 Å². The number of sulfone groups is 1. The van der Waals surface area contributed by atoms with Gasteiger partial charge in [0.05, 0.1) is 10.6 Å². The van der Waals surface area contributed by atoms with Gasteiger partial charge in [0, 0.05) is 18.0 Å². The van der Waals surface area contributed by atoms with Crippen LogP contribution >= 0.6 is 0 Å². The third-order valence-electron chi connectivity index (χ3n) is 4.35. The highest BCUT2D eigenvalue weighted by Crippen LogP contribution is 2.28. The molecule has 0 spiro atoms. The normalized spacial score (nSPS) is 17.1. The molecule has 1 aromatic heterocycles. The molecule has 0 aliphatic heterocycles. The number of carbonyl (C=O) groups excluding carboxylic acids is 1. The number of fused-ring (bicyclic) bond motifs is 1. The van der Waals surface area contributed by atoms with E-state index in [1.54, 1.807) is 35.9 Å². The summed E-state index contributed by atoms with van der Waals surface area (Å²) in [4.78, 5) is 15.6. The Bertz CT molecular complexity index is 850. The van der Waals surface area contributed by atoms with Gasteiger partial charge in [-0.25, -0.2) is 13.9 Å². The van der Waals surface area contributed by atoms with Gasteiger partial charge < -0.3 is 0 Å². The van der Waals surface area contributed by atoms with Crippen molar-refractivity contribution in [3.05, 3.63) is 59.4 Å². The van der Waals surface area contributed by atoms with Gasteiger partial charge >= 0.3 is 0 Å². The van der Waals surface area contributed by atoms with Crippen LogP contribution in [0.1, 0.15) is 27.9 Å². The molecular weight excluding hydrogens is 328 g/mol. The zero-order valence-corrected chi connectivity index (χ0v) is 13.8. The summed E-state index contributed by atoms with van der Waals surface area (Å²) in [5, 5.41) is 8.74. The molecule has 1 amide bonds. The van der Waals surface area contributed by atoms with Gasteiger partial charge in [0.25, 0.3) is 5.91 Å². The molecule has 0 fully saturated rings. The number of aryl methyl sites for hydroxylation is 1. The topological polar surface area (TPSA) is 96.4 Å². The van der Waals surface area contributed by atoms with Crippen LogP contribution in [0.3, 0.4) is 0 Å². The highest BCUT2D eigenvalue weighted by Gasteiger charge is 2.26. The Balaban J connectivity index is 1.78. The molecule has 0 radical (unpaired) electrons. The molecule has 1 aromatic carbocycles. The summed E-state index contributed by atoms with van der Waals surface area (Å²) in [5.41, 5.74) is 4.08. The average molecular weight is 346 g/mol. The lowest BCUT2D eigenvalue weighted by Gasteiger charge is -2.25. The number of aromatic nitrogens is 1. The van der Waals surface area contributed by atoms with Crippen molar-refractivity contribution in [1.82, 2.24) is 10.5 Å². The Morgan fingerprint density at radius 3 is 2.83 bits per heavy atom. The highest BCUT2D eigenvalue weighted by atomic mass is 32.2. The number of carbonyl (C=O) groups is 1. The first-order valence-corrected chi connectivity index (χ1v) is 9.34. The van der Waals surface area contributed by atoms with Gasteiger partial charge in [-0.2, -0.15) is 0 Å². The second-order valence-electron chi connectivity index (χ2n) is 6.00. The number of benzene rings is 1. The Kier molecular flexibility index (Phi) is 4.64. The number of hydrogen-bond acceptors (Lipinski definition) is 5. The number of rotatable bonds is 4. The minimum absolute atomic E-state index is 0.00450. The van der Waals surface area contributed by atoms with Crippen LogP contribution in [0.15, 0.2) is 47.6 Å². The molecule has 24 heavy (non-hydrogen) atoms. The average Bonchev–Trinajstić information content (AvgIpc) is 2.61. The van der Waals surface area contributed by atoms with Gasteiger partial charge in [0.2, 0.25) is 0 Å². The fourth-order valence-electron chi connectivity index (χ4n) is 3.12. The SMILES string of the molecule is O=C(NO)c1ccc2c(c1)CC(CS(=O)(=O)c1cccnc1)CC2. The second-order valence-corrected chi connectivity index (χ2v) is 8.04. The number of hydroxylamine groups is 1. The molecule has 1 atom stereocenters. The van der Waals surface area contributed by atoms with E-state index >= 15 is 0 Å². The van der Waals surface area contributed by atoms with Gasteiger partial charge in [-0.3, -0.25) is 15.0 Å². The molecular formula is C17H18N2O4S. The quantitative estimate of drug-likeness (QED) is 0.650. The summed E-state index contributed by atoms with van der Waals surface area (Å²) >= 11 is 0. The summed E-state index contributed by atoms with van der Waals surface area (Å²) in [6.45, 7) is 0. The van der Waals surface area contributed by atoms with Gasteiger partial charge in [-0.15, -0.1) is 0 Å². The minimum atomic E-state index is -3.38. The molecule has 1 aliphatic rings. The van der Waals surface area contributed by atoms with Crippen LogP contribution in [0.25, 0.3) is 0 Å². The lowest BCUT2D eigenvalue weighted by molar-refractivity contribution is 0.0706. The van der Waals surface area contributed by atoms with E-state index in [-0.39, 0.29) is 16.6 Å². The van der Waals surface area contributed by atoms with E-state index in [2.05, 4.69) is 4.98 Å². The van der Waals surface area contributed by atoms with Crippen molar-refractivity contribution >= 4 is 15.7 Å². The second kappa shape index (κ2) is 6.70. The monoisotopic (exact) mass is 346 g/mol. The van der Waals surface area contributed by atoms with Crippen molar-refractivity contribution in [3.63, 3.8) is 0 Å². The standard InChI is InChI=1S/C17H18N2O4S/c20-17(19-21)14-6-5-13-4-3-12(8-15(13)9-14)11-24(22,23)16-2-1-7-18-10-16/h1-2,5-7,9-10,12,21H,3-4,8,11H2,(H,19,20). The molecule has 0 bridgehead atoms. The molecule has 3 rings (SSSR count). The van der Waals surface area contributed by atoms with E-state index in [1.165, 1.54) is 6.20 Å². The van der Waals surface area contributed by atoms with Crippen molar-refractivity contribution in [1.29, 1.82) is 0 Å². The summed E-state index contributed by atoms with van der Waals surface area (Å²) in [5.74, 6) is -0.507. The maximum Gasteiger partial charge on any atom is 0.274 e. The van der Waals surface area contributed by atoms with Crippen LogP contribution < -0.4 is 5.48 Å². The highest BCUT2D eigenvalue weighted by molar-refractivity contribution is 7.91. The van der Waals surface area contributed by atoms with Gasteiger partial charge in [0.1, 0.15) is 0 Å². The lowest BCUT2D eigenvalue weighted by Crippen LogP contribution is -2.24. The van der Waals surface area contributed by atoms with Crippen LogP contribution in [-0.4, -0.2) is 30.3 Å². The van der Waals surface area contributed by atoms with E-state index in [0.717, 1.165) is 24.0 Å². The van der Waals surface area contributed by atoms with Crippen LogP contribution in [0.4, 0.5) is 0 Å². The van der Waals surface area contributed by atoms with Crippen molar-refractivity contribution in [2.75, 3.05) is 5.75 Å². The van der Waals surface area contributed by atoms with Crippen LogP contribution in [0.2, 0.25) is 0 Å². The zero-order chi connectivity index (χ0) is 17.2. The Hall–Kier alpha value is -2.25. The van der Waals surface area contributed by atoms with E-state index in [1.807, 2.05) is 6.07 Å². The smallest absolute Gasteiger partial charge is 0.274 e. The fourth-order valence-corrected chi connectivity index (χ4v) is 4.72. The predicted molar refractivity (Wildman–Crippen MR) is 87.5 cm³/mol. The summed E-state index contributed by atoms with van der Waals surface area (Å²) < 4.78 is 25.0. The molecule has 7 heteroatoms. The number of nitrogens with one attached hydrogen (secondary N) is 1. The van der Waals surface area contributed by atoms with Crippen LogP contribution in [0.5, 0.6) is 0 Å². The number of amides is 1. The van der Waals surface area contributed by atoms with Crippen molar-refractivity contribution < 1.29 is 18.4 Å². The first kappa shape index (κ1) is 16.6. The molecule has 0 saturated heterocycles. The molecule has 0 saturated carbocycles. The number of nitrogens with zero attached hydrogens (tertiary/aromatic N) is 1. The molecule has 6 nitrogen and oxygen atoms in total. The van der Waals surface area contributed by atoms with Crippen molar-refractivity contribution in [2.24, 2.45) is 5.92 Å². The van der Waals surface area contributed by atoms with Gasteiger partial charge in [-0.1, -0.05) is 6.07 Å². The molecule has 1 aliphatic carbocycles. The number of pyridine rings is 1. The third kappa shape index (κ3) is 3.47. The van der Waals surface area contributed by atoms with Crippen LogP contribution in [0, 0.1) is 5.92 Å². The molecule has 2 N–H and O–H groups in total. The first-order valence-electron chi connectivity index (χ1n) is 7.68. The Morgan fingerprint density at radius 2 is 2.12 bits per heavy atom. The van der Waals surface area contributed by atoms with Gasteiger partial charge in [-0.05, 0) is 60.6 Å². The Morgan fingerprint density at radius 1 is 1.29 bits per heavy atom. The summed E-state index contributed by atoms with van der Waals surface area (Å²) in [6.07, 6.45) is 5.09. The predicted octanol–water partition coefficient (Wildman–Crippen LogP) is 1.78. The summed E-state index contributed by atoms with van der Waals surface area (Å²) in [7, 11) is -3.38. The maximum atomic E-state index is 12.5. The van der Waals surface area contributed by atoms with Crippen molar-refractivity contribution in [3.8, 4) is 0 Å². The van der Waals surface area contributed by atoms with E-state index < -0.39 is 15.7 Å². The first-order chi connectivity index (χ1) is 11.5. The minimum Gasteiger partial charge on any atom is -0.288 e. The lowest BCUT2D eigenvalue weighted by atomic mass is 9.84. The van der Waals surface area contributed by atoms with E-state index in [4.69, 9.17) is 5.21 Å². The van der Waals surface area contributed by atoms with E-state index in [9.17, 15) is 13.2 Å². The van der Waals surface area contributed by atoms with Gasteiger partial charge in [0.15, 0.2) is 9.84 Å². The largest absolute Gasteiger partial charge is 0.288 e. The van der Waals surface area contributed by atoms with E-state index in [0.29, 0.717) is 12.0 Å².